The first-order valence-corrected chi connectivity index (χ1v) is 5.80. The number of hydrogen-bond donors (Lipinski definition) is 2. The van der Waals surface area contributed by atoms with Gasteiger partial charge in [0, 0.05) is 12.7 Å². The molecule has 102 valence electrons. The molecule has 0 radical (unpaired) electrons. The molecule has 1 aromatic carbocycles. The fourth-order valence-electron chi connectivity index (χ4n) is 1.75. The lowest BCUT2D eigenvalue weighted by Gasteiger charge is -2.07. The molecule has 1 aromatic heterocycles. The molecular formula is C13H12N4O3. The van der Waals surface area contributed by atoms with Crippen LogP contribution in [0.4, 0.5) is 11.5 Å². The van der Waals surface area contributed by atoms with Gasteiger partial charge in [0.05, 0.1) is 4.92 Å². The topological polar surface area (TPSA) is 111 Å². The number of primary amides is 1. The average molecular weight is 272 g/mol. The van der Waals surface area contributed by atoms with E-state index in [1.807, 2.05) is 30.3 Å². The number of nitrogens with zero attached hydrogens (tertiary/aromatic N) is 2. The third kappa shape index (κ3) is 2.89. The fourth-order valence-corrected chi connectivity index (χ4v) is 1.75. The van der Waals surface area contributed by atoms with Gasteiger partial charge in [-0.1, -0.05) is 30.3 Å². The van der Waals surface area contributed by atoms with Gasteiger partial charge in [-0.15, -0.1) is 0 Å². The summed E-state index contributed by atoms with van der Waals surface area (Å²) in [6.45, 7) is 0.358. The Bertz CT molecular complexity index is 643. The van der Waals surface area contributed by atoms with Gasteiger partial charge in [0.1, 0.15) is 5.56 Å². The van der Waals surface area contributed by atoms with E-state index >= 15 is 0 Å². The number of anilines is 1. The number of nitrogens with one attached hydrogen (secondary N) is 1. The minimum Gasteiger partial charge on any atom is -0.365 e. The third-order valence-electron chi connectivity index (χ3n) is 2.68. The average Bonchev–Trinajstić information content (AvgIpc) is 2.45. The summed E-state index contributed by atoms with van der Waals surface area (Å²) in [5, 5.41) is 13.9. The highest BCUT2D eigenvalue weighted by Crippen LogP contribution is 2.26. The third-order valence-corrected chi connectivity index (χ3v) is 2.68. The Balaban J connectivity index is 2.30. The van der Waals surface area contributed by atoms with E-state index in [9.17, 15) is 14.9 Å². The Kier molecular flexibility index (Phi) is 3.90. The van der Waals surface area contributed by atoms with Gasteiger partial charge in [0.25, 0.3) is 5.91 Å². The number of nitro groups is 1. The first-order valence-electron chi connectivity index (χ1n) is 5.80. The highest BCUT2D eigenvalue weighted by Gasteiger charge is 2.24. The molecule has 0 unspecified atom stereocenters. The summed E-state index contributed by atoms with van der Waals surface area (Å²) in [4.78, 5) is 25.5. The SMILES string of the molecule is NC(=O)c1ccnc(NCc2ccccc2)c1[N+](=O)[O-]. The summed E-state index contributed by atoms with van der Waals surface area (Å²) >= 11 is 0. The van der Waals surface area contributed by atoms with Crippen molar-refractivity contribution in [3.05, 3.63) is 63.8 Å². The van der Waals surface area contributed by atoms with Gasteiger partial charge in [0.15, 0.2) is 0 Å². The second kappa shape index (κ2) is 5.79. The molecule has 1 heterocycles. The minimum absolute atomic E-state index is 0.0233. The summed E-state index contributed by atoms with van der Waals surface area (Å²) in [5.41, 5.74) is 5.49. The molecule has 0 aliphatic heterocycles. The van der Waals surface area contributed by atoms with Crippen LogP contribution in [0.5, 0.6) is 0 Å². The zero-order valence-corrected chi connectivity index (χ0v) is 10.4. The van der Waals surface area contributed by atoms with Gasteiger partial charge >= 0.3 is 5.69 Å². The molecule has 2 rings (SSSR count). The van der Waals surface area contributed by atoms with E-state index in [2.05, 4.69) is 10.3 Å². The molecule has 0 saturated carbocycles. The van der Waals surface area contributed by atoms with Gasteiger partial charge < -0.3 is 11.1 Å². The number of carbonyl (C=O) groups excluding carboxylic acids is 1. The van der Waals surface area contributed by atoms with E-state index in [0.29, 0.717) is 6.54 Å². The van der Waals surface area contributed by atoms with Crippen molar-refractivity contribution in [2.45, 2.75) is 6.54 Å². The number of hydrogen-bond acceptors (Lipinski definition) is 5. The Labute approximate surface area is 114 Å². The van der Waals surface area contributed by atoms with Gasteiger partial charge in [-0.3, -0.25) is 14.9 Å². The molecule has 0 fully saturated rings. The quantitative estimate of drug-likeness (QED) is 0.635. The largest absolute Gasteiger partial charge is 0.365 e. The second-order valence-corrected chi connectivity index (χ2v) is 4.02. The van der Waals surface area contributed by atoms with Crippen LogP contribution in [-0.4, -0.2) is 15.8 Å². The van der Waals surface area contributed by atoms with E-state index in [-0.39, 0.29) is 11.4 Å². The number of carbonyl (C=O) groups is 1. The normalized spacial score (nSPS) is 10.0. The summed E-state index contributed by atoms with van der Waals surface area (Å²) in [5.74, 6) is -0.836. The number of amides is 1. The first-order chi connectivity index (χ1) is 9.59. The highest BCUT2D eigenvalue weighted by molar-refractivity contribution is 5.98. The maximum absolute atomic E-state index is 11.2. The van der Waals surface area contributed by atoms with E-state index in [4.69, 9.17) is 5.73 Å². The van der Waals surface area contributed by atoms with Crippen molar-refractivity contribution in [2.75, 3.05) is 5.32 Å². The lowest BCUT2D eigenvalue weighted by Crippen LogP contribution is -2.15. The Morgan fingerprint density at radius 2 is 2.00 bits per heavy atom. The number of rotatable bonds is 5. The van der Waals surface area contributed by atoms with E-state index in [1.165, 1.54) is 12.3 Å². The van der Waals surface area contributed by atoms with Crippen molar-refractivity contribution < 1.29 is 9.72 Å². The monoisotopic (exact) mass is 272 g/mol. The maximum atomic E-state index is 11.2. The summed E-state index contributed by atoms with van der Waals surface area (Å²) in [6.07, 6.45) is 1.31. The Hall–Kier alpha value is -2.96. The van der Waals surface area contributed by atoms with Gasteiger partial charge in [-0.25, -0.2) is 4.98 Å². The molecule has 3 N–H and O–H groups in total. The van der Waals surface area contributed by atoms with Crippen molar-refractivity contribution in [3.8, 4) is 0 Å². The van der Waals surface area contributed by atoms with Crippen LogP contribution in [0.2, 0.25) is 0 Å². The molecule has 0 aliphatic rings. The number of pyridine rings is 1. The van der Waals surface area contributed by atoms with Crippen LogP contribution in [-0.2, 0) is 6.54 Å². The second-order valence-electron chi connectivity index (χ2n) is 4.02. The maximum Gasteiger partial charge on any atom is 0.324 e. The molecule has 0 aliphatic carbocycles. The van der Waals surface area contributed by atoms with Crippen LogP contribution in [0.3, 0.4) is 0 Å². The molecular weight excluding hydrogens is 260 g/mol. The zero-order chi connectivity index (χ0) is 14.5. The molecule has 1 amide bonds. The first kappa shape index (κ1) is 13.5. The van der Waals surface area contributed by atoms with E-state index < -0.39 is 16.5 Å². The van der Waals surface area contributed by atoms with Crippen molar-refractivity contribution in [1.82, 2.24) is 4.98 Å². The van der Waals surface area contributed by atoms with Crippen LogP contribution in [0, 0.1) is 10.1 Å². The van der Waals surface area contributed by atoms with Crippen LogP contribution in [0.1, 0.15) is 15.9 Å². The predicted octanol–water partition coefficient (Wildman–Crippen LogP) is 1.70. The standard InChI is InChI=1S/C13H12N4O3/c14-12(18)10-6-7-15-13(11(10)17(19)20)16-8-9-4-2-1-3-5-9/h1-7H,8H2,(H2,14,18)(H,15,16). The lowest BCUT2D eigenvalue weighted by molar-refractivity contribution is -0.384. The van der Waals surface area contributed by atoms with Crippen molar-refractivity contribution in [1.29, 1.82) is 0 Å². The van der Waals surface area contributed by atoms with Crippen LogP contribution < -0.4 is 11.1 Å². The summed E-state index contributed by atoms with van der Waals surface area (Å²) < 4.78 is 0. The fraction of sp³-hybridized carbons (Fsp3) is 0.0769. The number of nitrogens with two attached hydrogens (primary N) is 1. The van der Waals surface area contributed by atoms with Crippen LogP contribution in [0.25, 0.3) is 0 Å². The zero-order valence-electron chi connectivity index (χ0n) is 10.4. The smallest absolute Gasteiger partial charge is 0.324 e. The van der Waals surface area contributed by atoms with Crippen molar-refractivity contribution in [2.24, 2.45) is 5.73 Å². The van der Waals surface area contributed by atoms with Crippen LogP contribution >= 0.6 is 0 Å². The summed E-state index contributed by atoms with van der Waals surface area (Å²) in [6, 6.07) is 10.6. The molecule has 0 atom stereocenters. The van der Waals surface area contributed by atoms with Crippen molar-refractivity contribution >= 4 is 17.4 Å². The lowest BCUT2D eigenvalue weighted by atomic mass is 10.2. The molecule has 7 heteroatoms. The summed E-state index contributed by atoms with van der Waals surface area (Å²) in [7, 11) is 0. The molecule has 0 spiro atoms. The van der Waals surface area contributed by atoms with Crippen LogP contribution in [0.15, 0.2) is 42.6 Å². The minimum atomic E-state index is -0.859. The Morgan fingerprint density at radius 1 is 1.30 bits per heavy atom. The van der Waals surface area contributed by atoms with Gasteiger partial charge in [-0.05, 0) is 11.6 Å². The Morgan fingerprint density at radius 3 is 2.60 bits per heavy atom. The number of aromatic nitrogens is 1. The predicted molar refractivity (Wildman–Crippen MR) is 73.2 cm³/mol. The van der Waals surface area contributed by atoms with E-state index in [0.717, 1.165) is 5.56 Å². The van der Waals surface area contributed by atoms with Gasteiger partial charge in [0.2, 0.25) is 5.82 Å². The van der Waals surface area contributed by atoms with E-state index in [1.54, 1.807) is 0 Å². The van der Waals surface area contributed by atoms with Crippen molar-refractivity contribution in [3.63, 3.8) is 0 Å². The number of benzene rings is 1. The molecule has 7 nitrogen and oxygen atoms in total. The molecule has 0 bridgehead atoms. The molecule has 2 aromatic rings. The molecule has 0 saturated heterocycles. The molecule has 20 heavy (non-hydrogen) atoms. The highest BCUT2D eigenvalue weighted by atomic mass is 16.6. The van der Waals surface area contributed by atoms with Gasteiger partial charge in [-0.2, -0.15) is 0 Å².